The van der Waals surface area contributed by atoms with Crippen LogP contribution in [-0.4, -0.2) is 6.98 Å². The first-order valence-electron chi connectivity index (χ1n) is 5.46. The van der Waals surface area contributed by atoms with Crippen molar-refractivity contribution in [3.8, 4) is 11.1 Å². The summed E-state index contributed by atoms with van der Waals surface area (Å²) in [5.74, 6) is 0. The summed E-state index contributed by atoms with van der Waals surface area (Å²) in [6.07, 6.45) is 0. The Bertz CT molecular complexity index is 620. The van der Waals surface area contributed by atoms with E-state index in [2.05, 4.69) is 10.0 Å². The Balaban J connectivity index is 0.00000200. The molecule has 0 N–H and O–H groups in total. The van der Waals surface area contributed by atoms with E-state index >= 15 is 0 Å². The minimum atomic E-state index is -4.96. The maximum absolute atomic E-state index is 12.5. The number of azide groups is 1. The van der Waals surface area contributed by atoms with Gasteiger partial charge in [-0.2, -0.15) is 0 Å². The zero-order valence-electron chi connectivity index (χ0n) is 10.7. The summed E-state index contributed by atoms with van der Waals surface area (Å²) >= 11 is 0. The molecule has 0 bridgehead atoms. The monoisotopic (exact) mass is 301 g/mol. The van der Waals surface area contributed by atoms with Crippen molar-refractivity contribution in [1.82, 2.24) is 0 Å². The van der Waals surface area contributed by atoms with Crippen molar-refractivity contribution in [2.75, 3.05) is 0 Å². The second-order valence-corrected chi connectivity index (χ2v) is 3.93. The van der Waals surface area contributed by atoms with Gasteiger partial charge in [-0.1, -0.05) is 53.6 Å². The van der Waals surface area contributed by atoms with Crippen LogP contribution in [0, 0.1) is 0 Å². The van der Waals surface area contributed by atoms with E-state index in [1.54, 1.807) is 24.3 Å². The fourth-order valence-corrected chi connectivity index (χ4v) is 1.67. The van der Waals surface area contributed by atoms with E-state index in [4.69, 9.17) is 5.53 Å². The van der Waals surface area contributed by atoms with Crippen LogP contribution < -0.4 is 56.8 Å². The smallest absolute Gasteiger partial charge is 0.445 e. The number of hydrogen-bond acceptors (Lipinski definition) is 1. The van der Waals surface area contributed by atoms with Crippen molar-refractivity contribution in [2.45, 2.75) is 0 Å². The molecule has 0 aliphatic carbocycles. The predicted molar refractivity (Wildman–Crippen MR) is 69.4 cm³/mol. The standard InChI is InChI=1S/C12H8BF3N3.K/c14-13(15,16)11-5-1-9(2-6-11)10-3-7-12(8-4-10)18-19-17;/h1-8H;/q-1;+1. The SMILES string of the molecule is [K+].[N-]=[N+]=Nc1ccc(-c2ccc([B-](F)(F)F)cc2)cc1. The molecule has 0 aromatic heterocycles. The van der Waals surface area contributed by atoms with Crippen molar-refractivity contribution < 1.29 is 64.3 Å². The van der Waals surface area contributed by atoms with Gasteiger partial charge in [0.1, 0.15) is 0 Å². The molecule has 20 heavy (non-hydrogen) atoms. The van der Waals surface area contributed by atoms with Crippen LogP contribution >= 0.6 is 0 Å². The molecule has 0 spiro atoms. The van der Waals surface area contributed by atoms with Crippen LogP contribution in [0.1, 0.15) is 0 Å². The predicted octanol–water partition coefficient (Wildman–Crippen LogP) is 1.35. The third-order valence-corrected chi connectivity index (χ3v) is 2.65. The number of nitrogens with zero attached hydrogens (tertiary/aromatic N) is 3. The molecular weight excluding hydrogens is 293 g/mol. The van der Waals surface area contributed by atoms with Crippen LogP contribution in [0.15, 0.2) is 53.6 Å². The van der Waals surface area contributed by atoms with Gasteiger partial charge in [0.25, 0.3) is 0 Å². The first kappa shape index (κ1) is 17.3. The molecule has 0 aliphatic rings. The Morgan fingerprint density at radius 1 is 0.850 bits per heavy atom. The number of benzene rings is 2. The summed E-state index contributed by atoms with van der Waals surface area (Å²) < 4.78 is 37.4. The maximum Gasteiger partial charge on any atom is 1.00 e. The van der Waals surface area contributed by atoms with Crippen LogP contribution in [0.2, 0.25) is 0 Å². The van der Waals surface area contributed by atoms with Crippen LogP contribution in [0.3, 0.4) is 0 Å². The Morgan fingerprint density at radius 3 is 1.70 bits per heavy atom. The summed E-state index contributed by atoms with van der Waals surface area (Å²) in [6.45, 7) is -4.96. The first-order valence-corrected chi connectivity index (χ1v) is 5.46. The van der Waals surface area contributed by atoms with E-state index in [0.29, 0.717) is 11.3 Å². The molecule has 8 heteroatoms. The molecular formula is C12H8BF3KN3. The summed E-state index contributed by atoms with van der Waals surface area (Å²) in [6, 6.07) is 11.6. The van der Waals surface area contributed by atoms with E-state index in [9.17, 15) is 12.9 Å². The van der Waals surface area contributed by atoms with Crippen molar-refractivity contribution in [3.05, 3.63) is 59.0 Å². The van der Waals surface area contributed by atoms with Crippen LogP contribution in [0.4, 0.5) is 18.6 Å². The van der Waals surface area contributed by atoms with Gasteiger partial charge in [-0.3, -0.25) is 0 Å². The van der Waals surface area contributed by atoms with Crippen LogP contribution in [0.5, 0.6) is 0 Å². The molecule has 0 saturated carbocycles. The quantitative estimate of drug-likeness (QED) is 0.356. The summed E-state index contributed by atoms with van der Waals surface area (Å²) in [5, 5.41) is 3.42. The fourth-order valence-electron chi connectivity index (χ4n) is 1.67. The van der Waals surface area contributed by atoms with Gasteiger partial charge in [0, 0.05) is 10.6 Å². The van der Waals surface area contributed by atoms with E-state index in [-0.39, 0.29) is 51.4 Å². The van der Waals surface area contributed by atoms with Gasteiger partial charge in [0.05, 0.1) is 0 Å². The third-order valence-electron chi connectivity index (χ3n) is 2.65. The average molecular weight is 301 g/mol. The normalized spacial score (nSPS) is 10.3. The number of rotatable bonds is 3. The minimum Gasteiger partial charge on any atom is -0.445 e. The van der Waals surface area contributed by atoms with Crippen LogP contribution in [-0.2, 0) is 0 Å². The fraction of sp³-hybridized carbons (Fsp3) is 0. The Morgan fingerprint density at radius 2 is 1.30 bits per heavy atom. The van der Waals surface area contributed by atoms with Crippen molar-refractivity contribution in [2.24, 2.45) is 5.11 Å². The molecule has 0 aliphatic heterocycles. The van der Waals surface area contributed by atoms with Gasteiger partial charge in [-0.05, 0) is 16.7 Å². The van der Waals surface area contributed by atoms with E-state index < -0.39 is 12.4 Å². The molecule has 0 heterocycles. The van der Waals surface area contributed by atoms with Crippen molar-refractivity contribution in [1.29, 1.82) is 0 Å². The maximum atomic E-state index is 12.5. The van der Waals surface area contributed by atoms with Gasteiger partial charge in [-0.25, -0.2) is 0 Å². The van der Waals surface area contributed by atoms with Gasteiger partial charge < -0.3 is 12.9 Å². The van der Waals surface area contributed by atoms with Gasteiger partial charge in [0.15, 0.2) is 0 Å². The summed E-state index contributed by atoms with van der Waals surface area (Å²) in [4.78, 5) is 2.65. The van der Waals surface area contributed by atoms with Gasteiger partial charge in [-0.15, -0.1) is 5.46 Å². The van der Waals surface area contributed by atoms with Gasteiger partial charge in [0.2, 0.25) is 0 Å². The van der Waals surface area contributed by atoms with E-state index in [1.807, 2.05) is 0 Å². The van der Waals surface area contributed by atoms with E-state index in [0.717, 1.165) is 17.7 Å². The Kier molecular flexibility index (Phi) is 6.32. The van der Waals surface area contributed by atoms with Gasteiger partial charge >= 0.3 is 58.4 Å². The molecule has 0 fully saturated rings. The number of hydrogen-bond donors (Lipinski definition) is 0. The average Bonchev–Trinajstić information content (AvgIpc) is 2.39. The molecule has 0 atom stereocenters. The van der Waals surface area contributed by atoms with Crippen LogP contribution in [0.25, 0.3) is 21.6 Å². The molecule has 2 aromatic carbocycles. The Hall–Kier alpha value is -0.759. The molecule has 2 rings (SSSR count). The zero-order valence-corrected chi connectivity index (χ0v) is 13.8. The molecule has 0 saturated heterocycles. The molecule has 0 radical (unpaired) electrons. The molecule has 3 nitrogen and oxygen atoms in total. The zero-order chi connectivity index (χ0) is 13.9. The minimum absolute atomic E-state index is 0. The molecule has 0 amide bonds. The molecule has 96 valence electrons. The molecule has 2 aromatic rings. The summed E-state index contributed by atoms with van der Waals surface area (Å²) in [7, 11) is 0. The van der Waals surface area contributed by atoms with Crippen molar-refractivity contribution in [3.63, 3.8) is 0 Å². The van der Waals surface area contributed by atoms with E-state index in [1.165, 1.54) is 12.1 Å². The second kappa shape index (κ2) is 7.31. The largest absolute Gasteiger partial charge is 1.00 e. The second-order valence-electron chi connectivity index (χ2n) is 3.93. The third kappa shape index (κ3) is 4.38. The first-order chi connectivity index (χ1) is 9.00. The summed E-state index contributed by atoms with van der Waals surface area (Å²) in [5.41, 5.74) is 9.55. The molecule has 0 unspecified atom stereocenters. The van der Waals surface area contributed by atoms with Crippen molar-refractivity contribution >= 4 is 18.1 Å². The number of halogens is 3. The topological polar surface area (TPSA) is 48.8 Å². The Labute approximate surface area is 156 Å².